The van der Waals surface area contributed by atoms with Gasteiger partial charge in [-0.05, 0) is 55.5 Å². The molecule has 0 aliphatic heterocycles. The standard InChI is InChI=1S/C30H27N3O2S/c1-18-14-19(2)27(20(3)15-18)32-28(34)21(4)33-17-31-29-26(30(33)35)25(16-36-29)24-12-10-23(11-13-24)22-8-6-5-7-9-22/h5-17,21H,1-4H3,(H,32,34). The molecule has 0 spiro atoms. The van der Waals surface area contributed by atoms with Gasteiger partial charge >= 0.3 is 0 Å². The first-order valence-electron chi connectivity index (χ1n) is 11.9. The summed E-state index contributed by atoms with van der Waals surface area (Å²) in [4.78, 5) is 31.9. The number of anilines is 1. The van der Waals surface area contributed by atoms with Crippen molar-refractivity contribution in [3.8, 4) is 22.3 Å². The average Bonchev–Trinajstić information content (AvgIpc) is 3.32. The second kappa shape index (κ2) is 9.55. The molecule has 2 heterocycles. The van der Waals surface area contributed by atoms with E-state index in [2.05, 4.69) is 34.6 Å². The van der Waals surface area contributed by atoms with E-state index in [4.69, 9.17) is 0 Å². The fraction of sp³-hybridized carbons (Fsp3) is 0.167. The van der Waals surface area contributed by atoms with Gasteiger partial charge in [0.1, 0.15) is 10.9 Å². The molecule has 1 unspecified atom stereocenters. The van der Waals surface area contributed by atoms with E-state index in [-0.39, 0.29) is 11.5 Å². The van der Waals surface area contributed by atoms with Crippen molar-refractivity contribution in [2.24, 2.45) is 0 Å². The Bertz CT molecular complexity index is 1610. The summed E-state index contributed by atoms with van der Waals surface area (Å²) in [5, 5.41) is 5.52. The van der Waals surface area contributed by atoms with E-state index in [0.29, 0.717) is 10.2 Å². The Morgan fingerprint density at radius 2 is 1.53 bits per heavy atom. The third-order valence-corrected chi connectivity index (χ3v) is 7.43. The van der Waals surface area contributed by atoms with Crippen molar-refractivity contribution >= 4 is 33.1 Å². The van der Waals surface area contributed by atoms with Gasteiger partial charge in [-0.2, -0.15) is 0 Å². The van der Waals surface area contributed by atoms with Gasteiger partial charge < -0.3 is 5.32 Å². The van der Waals surface area contributed by atoms with Crippen molar-refractivity contribution < 1.29 is 4.79 Å². The smallest absolute Gasteiger partial charge is 0.263 e. The predicted molar refractivity (Wildman–Crippen MR) is 149 cm³/mol. The molecule has 2 aromatic heterocycles. The van der Waals surface area contributed by atoms with Gasteiger partial charge in [-0.25, -0.2) is 4.98 Å². The molecule has 5 rings (SSSR count). The van der Waals surface area contributed by atoms with Crippen LogP contribution in [-0.2, 0) is 4.79 Å². The van der Waals surface area contributed by atoms with Crippen molar-refractivity contribution in [2.45, 2.75) is 33.7 Å². The van der Waals surface area contributed by atoms with Gasteiger partial charge in [0.25, 0.3) is 5.56 Å². The minimum absolute atomic E-state index is 0.219. The Morgan fingerprint density at radius 3 is 2.19 bits per heavy atom. The molecule has 180 valence electrons. The van der Waals surface area contributed by atoms with E-state index >= 15 is 0 Å². The number of benzene rings is 3. The number of aromatic nitrogens is 2. The molecule has 5 nitrogen and oxygen atoms in total. The number of amides is 1. The van der Waals surface area contributed by atoms with Gasteiger partial charge in [-0.3, -0.25) is 14.2 Å². The van der Waals surface area contributed by atoms with Crippen LogP contribution in [0.4, 0.5) is 5.69 Å². The number of fused-ring (bicyclic) bond motifs is 1. The summed E-state index contributed by atoms with van der Waals surface area (Å²) in [6.45, 7) is 7.70. The van der Waals surface area contributed by atoms with Crippen LogP contribution in [-0.4, -0.2) is 15.5 Å². The van der Waals surface area contributed by atoms with Gasteiger partial charge in [-0.1, -0.05) is 72.3 Å². The molecule has 1 amide bonds. The molecule has 0 bridgehead atoms. The quantitative estimate of drug-likeness (QED) is 0.289. The van der Waals surface area contributed by atoms with Crippen molar-refractivity contribution in [3.63, 3.8) is 0 Å². The highest BCUT2D eigenvalue weighted by atomic mass is 32.1. The highest BCUT2D eigenvalue weighted by Gasteiger charge is 2.21. The van der Waals surface area contributed by atoms with E-state index in [9.17, 15) is 9.59 Å². The molecule has 0 saturated carbocycles. The summed E-state index contributed by atoms with van der Waals surface area (Å²) in [7, 11) is 0. The first kappa shape index (κ1) is 23.7. The number of aryl methyl sites for hydroxylation is 3. The second-order valence-electron chi connectivity index (χ2n) is 9.17. The molecule has 3 aromatic carbocycles. The maximum atomic E-state index is 13.6. The van der Waals surface area contributed by atoms with E-state index in [0.717, 1.165) is 44.6 Å². The number of hydrogen-bond donors (Lipinski definition) is 1. The van der Waals surface area contributed by atoms with Crippen LogP contribution in [0.15, 0.2) is 83.2 Å². The lowest BCUT2D eigenvalue weighted by molar-refractivity contribution is -0.118. The lowest BCUT2D eigenvalue weighted by atomic mass is 10.0. The Labute approximate surface area is 214 Å². The number of nitrogens with zero attached hydrogens (tertiary/aromatic N) is 2. The van der Waals surface area contributed by atoms with Crippen LogP contribution in [0.25, 0.3) is 32.5 Å². The van der Waals surface area contributed by atoms with E-state index < -0.39 is 6.04 Å². The normalized spacial score (nSPS) is 12.0. The molecule has 1 atom stereocenters. The summed E-state index contributed by atoms with van der Waals surface area (Å²) in [5.41, 5.74) is 7.73. The van der Waals surface area contributed by atoms with Crippen LogP contribution in [0, 0.1) is 20.8 Å². The van der Waals surface area contributed by atoms with E-state index in [1.54, 1.807) is 6.92 Å². The zero-order valence-electron chi connectivity index (χ0n) is 20.7. The molecule has 6 heteroatoms. The predicted octanol–water partition coefficient (Wildman–Crippen LogP) is 6.92. The highest BCUT2D eigenvalue weighted by molar-refractivity contribution is 7.17. The number of nitrogens with one attached hydrogen (secondary N) is 1. The lowest BCUT2D eigenvalue weighted by Gasteiger charge is -2.18. The van der Waals surface area contributed by atoms with Gasteiger partial charge in [0.05, 0.1) is 11.7 Å². The molecule has 0 fully saturated rings. The Hall–Kier alpha value is -4.03. The third-order valence-electron chi connectivity index (χ3n) is 6.54. The van der Waals surface area contributed by atoms with Crippen LogP contribution >= 0.6 is 11.3 Å². The molecule has 0 radical (unpaired) electrons. The van der Waals surface area contributed by atoms with Crippen LogP contribution in [0.2, 0.25) is 0 Å². The fourth-order valence-electron chi connectivity index (χ4n) is 4.64. The number of hydrogen-bond acceptors (Lipinski definition) is 4. The largest absolute Gasteiger partial charge is 0.324 e. The zero-order chi connectivity index (χ0) is 25.4. The number of thiophene rings is 1. The molecular weight excluding hydrogens is 466 g/mol. The maximum Gasteiger partial charge on any atom is 0.263 e. The van der Waals surface area contributed by atoms with Crippen LogP contribution in [0.1, 0.15) is 29.7 Å². The first-order valence-corrected chi connectivity index (χ1v) is 12.7. The van der Waals surface area contributed by atoms with Gasteiger partial charge in [0.15, 0.2) is 0 Å². The summed E-state index contributed by atoms with van der Waals surface area (Å²) in [5.74, 6) is -0.253. The molecule has 1 N–H and O–H groups in total. The summed E-state index contributed by atoms with van der Waals surface area (Å²) in [6, 6.07) is 21.7. The summed E-state index contributed by atoms with van der Waals surface area (Å²) in [6.07, 6.45) is 1.47. The lowest BCUT2D eigenvalue weighted by Crippen LogP contribution is -2.32. The molecule has 0 aliphatic carbocycles. The van der Waals surface area contributed by atoms with Crippen LogP contribution < -0.4 is 10.9 Å². The fourth-order valence-corrected chi connectivity index (χ4v) is 5.54. The zero-order valence-corrected chi connectivity index (χ0v) is 21.5. The first-order chi connectivity index (χ1) is 17.3. The molecule has 0 saturated heterocycles. The highest BCUT2D eigenvalue weighted by Crippen LogP contribution is 2.32. The minimum Gasteiger partial charge on any atom is -0.324 e. The third kappa shape index (κ3) is 4.36. The number of rotatable bonds is 5. The van der Waals surface area contributed by atoms with Crippen molar-refractivity contribution in [1.29, 1.82) is 0 Å². The SMILES string of the molecule is Cc1cc(C)c(NC(=O)C(C)n2cnc3scc(-c4ccc(-c5ccccc5)cc4)c3c2=O)c(C)c1. The molecule has 5 aromatic rings. The van der Waals surface area contributed by atoms with Crippen LogP contribution in [0.3, 0.4) is 0 Å². The van der Waals surface area contributed by atoms with Crippen molar-refractivity contribution in [1.82, 2.24) is 9.55 Å². The Balaban J connectivity index is 1.48. The maximum absolute atomic E-state index is 13.6. The summed E-state index contributed by atoms with van der Waals surface area (Å²) < 4.78 is 1.42. The minimum atomic E-state index is -0.720. The molecular formula is C30H27N3O2S. The van der Waals surface area contributed by atoms with Gasteiger partial charge in [0, 0.05) is 16.6 Å². The average molecular weight is 494 g/mol. The Kier molecular flexibility index (Phi) is 6.29. The Morgan fingerprint density at radius 1 is 0.917 bits per heavy atom. The second-order valence-corrected chi connectivity index (χ2v) is 10.0. The van der Waals surface area contributed by atoms with E-state index in [1.165, 1.54) is 22.2 Å². The molecule has 36 heavy (non-hydrogen) atoms. The van der Waals surface area contributed by atoms with Gasteiger partial charge in [-0.15, -0.1) is 11.3 Å². The molecule has 0 aliphatic rings. The van der Waals surface area contributed by atoms with Crippen LogP contribution in [0.5, 0.6) is 0 Å². The topological polar surface area (TPSA) is 64.0 Å². The van der Waals surface area contributed by atoms with Crippen molar-refractivity contribution in [2.75, 3.05) is 5.32 Å². The van der Waals surface area contributed by atoms with Crippen molar-refractivity contribution in [3.05, 3.63) is 105 Å². The van der Waals surface area contributed by atoms with Gasteiger partial charge in [0.2, 0.25) is 5.91 Å². The van der Waals surface area contributed by atoms with E-state index in [1.807, 2.05) is 68.6 Å². The number of carbonyl (C=O) groups excluding carboxylic acids is 1. The summed E-state index contributed by atoms with van der Waals surface area (Å²) >= 11 is 1.44. The monoisotopic (exact) mass is 493 g/mol. The number of carbonyl (C=O) groups is 1.